The molecule has 3 rings (SSSR count). The minimum absolute atomic E-state index is 0.0406. The van der Waals surface area contributed by atoms with Gasteiger partial charge >= 0.3 is 5.97 Å². The normalized spacial score (nSPS) is 12.8. The first-order chi connectivity index (χ1) is 14.4. The van der Waals surface area contributed by atoms with E-state index >= 15 is 0 Å². The molecule has 1 heterocycles. The molecule has 0 bridgehead atoms. The SMILES string of the molecule is COC(=O)COc1c(C)cc(C(=O)N2CCc3cc(OC)c(OC)cc3C2)cc1C. The van der Waals surface area contributed by atoms with Crippen LogP contribution in [-0.2, 0) is 22.5 Å². The van der Waals surface area contributed by atoms with Crippen LogP contribution < -0.4 is 14.2 Å². The summed E-state index contributed by atoms with van der Waals surface area (Å²) in [5, 5.41) is 0. The van der Waals surface area contributed by atoms with Gasteiger partial charge in [0, 0.05) is 18.7 Å². The van der Waals surface area contributed by atoms with Crippen molar-refractivity contribution in [3.8, 4) is 17.2 Å². The van der Waals surface area contributed by atoms with E-state index in [1.807, 2.05) is 30.9 Å². The highest BCUT2D eigenvalue weighted by molar-refractivity contribution is 5.95. The predicted molar refractivity (Wildman–Crippen MR) is 111 cm³/mol. The first-order valence-corrected chi connectivity index (χ1v) is 9.71. The molecule has 0 spiro atoms. The monoisotopic (exact) mass is 413 g/mol. The van der Waals surface area contributed by atoms with Crippen molar-refractivity contribution in [2.75, 3.05) is 34.5 Å². The van der Waals surface area contributed by atoms with Gasteiger partial charge in [0.15, 0.2) is 18.1 Å². The Morgan fingerprint density at radius 1 is 0.933 bits per heavy atom. The number of amides is 1. The van der Waals surface area contributed by atoms with E-state index in [1.165, 1.54) is 7.11 Å². The molecule has 1 aliphatic heterocycles. The van der Waals surface area contributed by atoms with Gasteiger partial charge in [0.25, 0.3) is 5.91 Å². The van der Waals surface area contributed by atoms with Crippen LogP contribution in [-0.4, -0.2) is 51.3 Å². The van der Waals surface area contributed by atoms with Crippen molar-refractivity contribution in [2.45, 2.75) is 26.8 Å². The maximum atomic E-state index is 13.2. The van der Waals surface area contributed by atoms with Crippen LogP contribution in [0.3, 0.4) is 0 Å². The molecule has 1 aliphatic rings. The van der Waals surface area contributed by atoms with Gasteiger partial charge < -0.3 is 23.8 Å². The third-order valence-corrected chi connectivity index (χ3v) is 5.27. The fourth-order valence-corrected chi connectivity index (χ4v) is 3.73. The summed E-state index contributed by atoms with van der Waals surface area (Å²) in [4.78, 5) is 26.4. The zero-order valence-electron chi connectivity index (χ0n) is 18.0. The molecule has 1 amide bonds. The molecule has 0 atom stereocenters. The van der Waals surface area contributed by atoms with E-state index in [-0.39, 0.29) is 12.5 Å². The molecule has 0 N–H and O–H groups in total. The Balaban J connectivity index is 1.80. The van der Waals surface area contributed by atoms with E-state index in [2.05, 4.69) is 4.74 Å². The maximum Gasteiger partial charge on any atom is 0.343 e. The summed E-state index contributed by atoms with van der Waals surface area (Å²) in [5.41, 5.74) is 4.41. The Kier molecular flexibility index (Phi) is 6.50. The molecule has 0 fully saturated rings. The molecule has 2 aromatic rings. The van der Waals surface area contributed by atoms with Crippen molar-refractivity contribution in [1.82, 2.24) is 4.90 Å². The third kappa shape index (κ3) is 4.35. The molecule has 0 radical (unpaired) electrons. The lowest BCUT2D eigenvalue weighted by molar-refractivity contribution is -0.142. The van der Waals surface area contributed by atoms with Crippen molar-refractivity contribution >= 4 is 11.9 Å². The molecule has 0 saturated carbocycles. The Hall–Kier alpha value is -3.22. The smallest absolute Gasteiger partial charge is 0.343 e. The number of nitrogens with zero attached hydrogens (tertiary/aromatic N) is 1. The molecule has 2 aromatic carbocycles. The van der Waals surface area contributed by atoms with Crippen LogP contribution in [0.4, 0.5) is 0 Å². The average molecular weight is 413 g/mol. The second-order valence-corrected chi connectivity index (χ2v) is 7.26. The minimum Gasteiger partial charge on any atom is -0.493 e. The number of carbonyl (C=O) groups excluding carboxylic acids is 2. The summed E-state index contributed by atoms with van der Waals surface area (Å²) in [5.74, 6) is 1.46. The first-order valence-electron chi connectivity index (χ1n) is 9.71. The summed E-state index contributed by atoms with van der Waals surface area (Å²) in [7, 11) is 4.53. The van der Waals surface area contributed by atoms with Crippen LogP contribution >= 0.6 is 0 Å². The summed E-state index contributed by atoms with van der Waals surface area (Å²) >= 11 is 0. The molecular weight excluding hydrogens is 386 g/mol. The number of fused-ring (bicyclic) bond motifs is 1. The highest BCUT2D eigenvalue weighted by Crippen LogP contribution is 2.34. The van der Waals surface area contributed by atoms with Gasteiger partial charge in [0.1, 0.15) is 5.75 Å². The van der Waals surface area contributed by atoms with Gasteiger partial charge in [-0.3, -0.25) is 4.79 Å². The fourth-order valence-electron chi connectivity index (χ4n) is 3.73. The number of hydrogen-bond donors (Lipinski definition) is 0. The van der Waals surface area contributed by atoms with E-state index in [9.17, 15) is 9.59 Å². The minimum atomic E-state index is -0.451. The van der Waals surface area contributed by atoms with Crippen LogP contribution in [0.25, 0.3) is 0 Å². The molecule has 160 valence electrons. The van der Waals surface area contributed by atoms with Crippen LogP contribution in [0.15, 0.2) is 24.3 Å². The maximum absolute atomic E-state index is 13.2. The van der Waals surface area contributed by atoms with Gasteiger partial charge in [0.05, 0.1) is 21.3 Å². The number of hydrogen-bond acceptors (Lipinski definition) is 6. The van der Waals surface area contributed by atoms with Crippen molar-refractivity contribution < 1.29 is 28.5 Å². The molecule has 7 nitrogen and oxygen atoms in total. The lowest BCUT2D eigenvalue weighted by Crippen LogP contribution is -2.36. The Labute approximate surface area is 176 Å². The quantitative estimate of drug-likeness (QED) is 0.678. The van der Waals surface area contributed by atoms with Crippen molar-refractivity contribution in [1.29, 1.82) is 0 Å². The van der Waals surface area contributed by atoms with Crippen molar-refractivity contribution in [2.24, 2.45) is 0 Å². The van der Waals surface area contributed by atoms with Gasteiger partial charge in [-0.05, 0) is 66.8 Å². The third-order valence-electron chi connectivity index (χ3n) is 5.27. The van der Waals surface area contributed by atoms with E-state index in [1.54, 1.807) is 26.4 Å². The number of aryl methyl sites for hydroxylation is 2. The summed E-state index contributed by atoms with van der Waals surface area (Å²) in [6.07, 6.45) is 0.750. The van der Waals surface area contributed by atoms with Crippen LogP contribution in [0.2, 0.25) is 0 Å². The van der Waals surface area contributed by atoms with E-state index in [0.29, 0.717) is 35.9 Å². The Bertz CT molecular complexity index is 945. The summed E-state index contributed by atoms with van der Waals surface area (Å²) in [6.45, 7) is 4.69. The average Bonchev–Trinajstić information content (AvgIpc) is 2.76. The molecule has 0 aliphatic carbocycles. The van der Waals surface area contributed by atoms with Crippen molar-refractivity contribution in [3.05, 3.63) is 52.1 Å². The molecule has 0 saturated heterocycles. The number of methoxy groups -OCH3 is 3. The summed E-state index contributed by atoms with van der Waals surface area (Å²) in [6, 6.07) is 7.52. The topological polar surface area (TPSA) is 74.3 Å². The van der Waals surface area contributed by atoms with Crippen molar-refractivity contribution in [3.63, 3.8) is 0 Å². The summed E-state index contributed by atoms with van der Waals surface area (Å²) < 4.78 is 21.0. The zero-order valence-corrected chi connectivity index (χ0v) is 18.0. The number of rotatable bonds is 6. The van der Waals surface area contributed by atoms with Gasteiger partial charge in [-0.1, -0.05) is 0 Å². The second kappa shape index (κ2) is 9.07. The molecule has 30 heavy (non-hydrogen) atoms. The van der Waals surface area contributed by atoms with E-state index in [4.69, 9.17) is 14.2 Å². The number of carbonyl (C=O) groups is 2. The lowest BCUT2D eigenvalue weighted by Gasteiger charge is -2.30. The van der Waals surface area contributed by atoms with Gasteiger partial charge in [0.2, 0.25) is 0 Å². The number of esters is 1. The Morgan fingerprint density at radius 2 is 1.53 bits per heavy atom. The largest absolute Gasteiger partial charge is 0.493 e. The molecule has 0 aromatic heterocycles. The van der Waals surface area contributed by atoms with E-state index < -0.39 is 5.97 Å². The Morgan fingerprint density at radius 3 is 2.10 bits per heavy atom. The molecular formula is C23H27NO6. The van der Waals surface area contributed by atoms with Gasteiger partial charge in [-0.25, -0.2) is 4.79 Å². The first kappa shape index (κ1) is 21.5. The highest BCUT2D eigenvalue weighted by atomic mass is 16.6. The predicted octanol–water partition coefficient (Wildman–Crippen LogP) is 3.07. The zero-order chi connectivity index (χ0) is 21.8. The van der Waals surface area contributed by atoms with Gasteiger partial charge in [-0.2, -0.15) is 0 Å². The number of ether oxygens (including phenoxy) is 4. The van der Waals surface area contributed by atoms with Crippen LogP contribution in [0, 0.1) is 13.8 Å². The molecule has 7 heteroatoms. The van der Waals surface area contributed by atoms with Crippen LogP contribution in [0.1, 0.15) is 32.6 Å². The molecule has 0 unspecified atom stereocenters. The highest BCUT2D eigenvalue weighted by Gasteiger charge is 2.24. The van der Waals surface area contributed by atoms with E-state index in [0.717, 1.165) is 28.7 Å². The lowest BCUT2D eigenvalue weighted by atomic mass is 9.97. The van der Waals surface area contributed by atoms with Gasteiger partial charge in [-0.15, -0.1) is 0 Å². The standard InChI is InChI=1S/C23H27NO6/c1-14-8-17(9-15(2)22(14)30-13-21(25)29-5)23(26)24-7-6-16-10-19(27-3)20(28-4)11-18(16)12-24/h8-11H,6-7,12-13H2,1-5H3. The number of benzene rings is 2. The van der Waals surface area contributed by atoms with Crippen LogP contribution in [0.5, 0.6) is 17.2 Å². The second-order valence-electron chi connectivity index (χ2n) is 7.26. The fraction of sp³-hybridized carbons (Fsp3) is 0.391.